The SMILES string of the molecule is CCCNC1C2CCCc3ccccc3C2C1(CC)CC. The lowest BCUT2D eigenvalue weighted by atomic mass is 9.45. The zero-order valence-electron chi connectivity index (χ0n) is 14.0. The first-order valence-corrected chi connectivity index (χ1v) is 9.09. The van der Waals surface area contributed by atoms with Crippen LogP contribution in [-0.4, -0.2) is 12.6 Å². The molecule has 0 spiro atoms. The third kappa shape index (κ3) is 2.25. The van der Waals surface area contributed by atoms with Crippen LogP contribution in [0.1, 0.15) is 69.9 Å². The molecule has 3 rings (SSSR count). The first-order valence-electron chi connectivity index (χ1n) is 9.09. The molecule has 0 saturated heterocycles. The minimum Gasteiger partial charge on any atom is -0.313 e. The van der Waals surface area contributed by atoms with Crippen molar-refractivity contribution in [2.45, 2.75) is 71.3 Å². The Bertz CT molecular complexity index is 474. The first-order chi connectivity index (χ1) is 10.3. The number of nitrogens with one attached hydrogen (secondary N) is 1. The lowest BCUT2D eigenvalue weighted by Crippen LogP contribution is -2.64. The van der Waals surface area contributed by atoms with E-state index in [1.807, 2.05) is 0 Å². The number of aryl methyl sites for hydroxylation is 1. The topological polar surface area (TPSA) is 12.0 Å². The Balaban J connectivity index is 1.97. The summed E-state index contributed by atoms with van der Waals surface area (Å²) < 4.78 is 0. The minimum atomic E-state index is 0.486. The van der Waals surface area contributed by atoms with Gasteiger partial charge in [0.05, 0.1) is 0 Å². The van der Waals surface area contributed by atoms with Gasteiger partial charge in [-0.2, -0.15) is 0 Å². The quantitative estimate of drug-likeness (QED) is 0.810. The summed E-state index contributed by atoms with van der Waals surface area (Å²) in [6.07, 6.45) is 7.91. The van der Waals surface area contributed by atoms with Crippen LogP contribution in [0.2, 0.25) is 0 Å². The number of hydrogen-bond donors (Lipinski definition) is 1. The largest absolute Gasteiger partial charge is 0.313 e. The third-order valence-corrected chi connectivity index (χ3v) is 6.40. The van der Waals surface area contributed by atoms with Gasteiger partial charge in [-0.05, 0) is 73.4 Å². The minimum absolute atomic E-state index is 0.486. The van der Waals surface area contributed by atoms with Crippen molar-refractivity contribution in [3.63, 3.8) is 0 Å². The third-order valence-electron chi connectivity index (χ3n) is 6.40. The van der Waals surface area contributed by atoms with Gasteiger partial charge in [0.2, 0.25) is 0 Å². The van der Waals surface area contributed by atoms with Crippen LogP contribution < -0.4 is 5.32 Å². The van der Waals surface area contributed by atoms with Crippen LogP contribution in [0.5, 0.6) is 0 Å². The van der Waals surface area contributed by atoms with Crippen molar-refractivity contribution in [2.75, 3.05) is 6.54 Å². The van der Waals surface area contributed by atoms with E-state index < -0.39 is 0 Å². The smallest absolute Gasteiger partial charge is 0.0164 e. The van der Waals surface area contributed by atoms with E-state index in [9.17, 15) is 0 Å². The second-order valence-corrected chi connectivity index (χ2v) is 7.10. The van der Waals surface area contributed by atoms with E-state index >= 15 is 0 Å². The number of hydrogen-bond acceptors (Lipinski definition) is 1. The highest BCUT2D eigenvalue weighted by molar-refractivity contribution is 5.38. The molecular formula is C20H31N. The highest BCUT2D eigenvalue weighted by atomic mass is 15.0. The monoisotopic (exact) mass is 285 g/mol. The summed E-state index contributed by atoms with van der Waals surface area (Å²) in [4.78, 5) is 0. The van der Waals surface area contributed by atoms with Crippen LogP contribution in [0.3, 0.4) is 0 Å². The van der Waals surface area contributed by atoms with Crippen LogP contribution in [0.4, 0.5) is 0 Å². The van der Waals surface area contributed by atoms with Gasteiger partial charge in [0.25, 0.3) is 0 Å². The zero-order valence-corrected chi connectivity index (χ0v) is 14.0. The fraction of sp³-hybridized carbons (Fsp3) is 0.700. The average Bonchev–Trinajstić information content (AvgIpc) is 2.68. The average molecular weight is 285 g/mol. The standard InChI is InChI=1S/C20H31N/c1-4-14-21-19-17-13-9-11-15-10-7-8-12-16(15)18(17)20(19,5-2)6-3/h7-8,10,12,17-19,21H,4-6,9,11,13-14H2,1-3H3. The Kier molecular flexibility index (Phi) is 4.40. The number of benzene rings is 1. The van der Waals surface area contributed by atoms with E-state index in [2.05, 4.69) is 50.4 Å². The predicted octanol–water partition coefficient (Wildman–Crippen LogP) is 4.91. The van der Waals surface area contributed by atoms with Gasteiger partial charge < -0.3 is 5.32 Å². The van der Waals surface area contributed by atoms with Crippen LogP contribution >= 0.6 is 0 Å². The molecule has 0 aliphatic heterocycles. The van der Waals surface area contributed by atoms with Crippen LogP contribution in [-0.2, 0) is 6.42 Å². The first kappa shape index (κ1) is 15.1. The molecule has 1 aromatic carbocycles. The summed E-state index contributed by atoms with van der Waals surface area (Å²) in [5.41, 5.74) is 3.80. The second kappa shape index (κ2) is 6.12. The van der Waals surface area contributed by atoms with Crippen molar-refractivity contribution < 1.29 is 0 Å². The van der Waals surface area contributed by atoms with Gasteiger partial charge >= 0.3 is 0 Å². The van der Waals surface area contributed by atoms with Gasteiger partial charge in [0.1, 0.15) is 0 Å². The van der Waals surface area contributed by atoms with Gasteiger partial charge in [0, 0.05) is 6.04 Å². The summed E-state index contributed by atoms with van der Waals surface area (Å²) in [5.74, 6) is 1.65. The molecule has 21 heavy (non-hydrogen) atoms. The molecule has 1 heteroatoms. The fourth-order valence-electron chi connectivity index (χ4n) is 5.37. The maximum absolute atomic E-state index is 3.92. The van der Waals surface area contributed by atoms with Gasteiger partial charge in [-0.3, -0.25) is 0 Å². The molecule has 1 N–H and O–H groups in total. The molecule has 0 radical (unpaired) electrons. The van der Waals surface area contributed by atoms with E-state index in [1.54, 1.807) is 11.1 Å². The lowest BCUT2D eigenvalue weighted by molar-refractivity contribution is -0.0512. The number of fused-ring (bicyclic) bond motifs is 3. The van der Waals surface area contributed by atoms with E-state index in [4.69, 9.17) is 0 Å². The van der Waals surface area contributed by atoms with E-state index in [0.717, 1.165) is 17.9 Å². The van der Waals surface area contributed by atoms with Crippen molar-refractivity contribution in [2.24, 2.45) is 11.3 Å². The van der Waals surface area contributed by atoms with Crippen molar-refractivity contribution in [1.82, 2.24) is 5.32 Å². The normalized spacial score (nSPS) is 30.0. The summed E-state index contributed by atoms with van der Waals surface area (Å²) in [5, 5.41) is 3.92. The molecule has 0 heterocycles. The van der Waals surface area contributed by atoms with Crippen molar-refractivity contribution in [1.29, 1.82) is 0 Å². The van der Waals surface area contributed by atoms with Gasteiger partial charge in [-0.15, -0.1) is 0 Å². The van der Waals surface area contributed by atoms with E-state index in [-0.39, 0.29) is 0 Å². The van der Waals surface area contributed by atoms with Crippen LogP contribution in [0.25, 0.3) is 0 Å². The molecule has 0 amide bonds. The molecule has 1 nitrogen and oxygen atoms in total. The predicted molar refractivity (Wildman–Crippen MR) is 90.7 cm³/mol. The molecule has 1 saturated carbocycles. The van der Waals surface area contributed by atoms with Gasteiger partial charge in [-0.1, -0.05) is 45.0 Å². The zero-order chi connectivity index (χ0) is 14.9. The second-order valence-electron chi connectivity index (χ2n) is 7.10. The van der Waals surface area contributed by atoms with Crippen molar-refractivity contribution in [3.05, 3.63) is 35.4 Å². The molecule has 3 unspecified atom stereocenters. The Morgan fingerprint density at radius 1 is 1.14 bits per heavy atom. The van der Waals surface area contributed by atoms with Crippen LogP contribution in [0.15, 0.2) is 24.3 Å². The highest BCUT2D eigenvalue weighted by Crippen LogP contribution is 2.63. The van der Waals surface area contributed by atoms with E-state index in [0.29, 0.717) is 5.41 Å². The van der Waals surface area contributed by atoms with Crippen LogP contribution in [0, 0.1) is 11.3 Å². The molecule has 2 aliphatic carbocycles. The van der Waals surface area contributed by atoms with Crippen molar-refractivity contribution >= 4 is 0 Å². The van der Waals surface area contributed by atoms with E-state index in [1.165, 1.54) is 45.1 Å². The fourth-order valence-corrected chi connectivity index (χ4v) is 5.37. The molecule has 3 atom stereocenters. The Morgan fingerprint density at radius 2 is 1.90 bits per heavy atom. The molecule has 0 bridgehead atoms. The van der Waals surface area contributed by atoms with Gasteiger partial charge in [0.15, 0.2) is 0 Å². The number of rotatable bonds is 5. The summed E-state index contributed by atoms with van der Waals surface area (Å²) >= 11 is 0. The lowest BCUT2D eigenvalue weighted by Gasteiger charge is -2.62. The Hall–Kier alpha value is -0.820. The summed E-state index contributed by atoms with van der Waals surface area (Å²) in [7, 11) is 0. The maximum Gasteiger partial charge on any atom is 0.0164 e. The van der Waals surface area contributed by atoms with Gasteiger partial charge in [-0.25, -0.2) is 0 Å². The molecule has 0 aromatic heterocycles. The van der Waals surface area contributed by atoms with Crippen molar-refractivity contribution in [3.8, 4) is 0 Å². The molecule has 1 fully saturated rings. The summed E-state index contributed by atoms with van der Waals surface area (Å²) in [6.45, 7) is 8.28. The Morgan fingerprint density at radius 3 is 2.62 bits per heavy atom. The summed E-state index contributed by atoms with van der Waals surface area (Å²) in [6, 6.07) is 10.0. The highest BCUT2D eigenvalue weighted by Gasteiger charge is 2.59. The molecular weight excluding hydrogens is 254 g/mol. The molecule has 2 aliphatic rings. The molecule has 1 aromatic rings. The molecule has 116 valence electrons. The maximum atomic E-state index is 3.92. The Labute approximate surface area is 130 Å².